The largest absolute Gasteiger partial charge is 0.323 e. The summed E-state index contributed by atoms with van der Waals surface area (Å²) in [5.41, 5.74) is 1.90. The smallest absolute Gasteiger partial charge is 0.224 e. The maximum Gasteiger partial charge on any atom is 0.224 e. The maximum absolute atomic E-state index is 12.3. The number of anilines is 1. The van der Waals surface area contributed by atoms with Crippen molar-refractivity contribution >= 4 is 23.2 Å². The van der Waals surface area contributed by atoms with Crippen molar-refractivity contribution in [2.24, 2.45) is 17.8 Å². The van der Waals surface area contributed by atoms with Crippen molar-refractivity contribution in [3.8, 4) is 0 Å². The van der Waals surface area contributed by atoms with Gasteiger partial charge in [-0.3, -0.25) is 9.48 Å². The number of aromatic nitrogens is 2. The van der Waals surface area contributed by atoms with Crippen LogP contribution in [0.25, 0.3) is 0 Å². The maximum atomic E-state index is 12.3. The lowest BCUT2D eigenvalue weighted by molar-refractivity contribution is -0.117. The number of rotatable bonds is 5. The highest BCUT2D eigenvalue weighted by Crippen LogP contribution is 2.49. The van der Waals surface area contributed by atoms with Gasteiger partial charge in [-0.15, -0.1) is 0 Å². The predicted octanol–water partition coefficient (Wildman–Crippen LogP) is 4.35. The van der Waals surface area contributed by atoms with E-state index in [0.717, 1.165) is 28.1 Å². The molecule has 1 N–H and O–H groups in total. The van der Waals surface area contributed by atoms with Crippen LogP contribution in [0.4, 0.5) is 5.69 Å². The van der Waals surface area contributed by atoms with Gasteiger partial charge in [0.1, 0.15) is 0 Å². The Morgan fingerprint density at radius 1 is 1.25 bits per heavy atom. The van der Waals surface area contributed by atoms with E-state index in [1.165, 1.54) is 25.7 Å². The van der Waals surface area contributed by atoms with Gasteiger partial charge in [-0.25, -0.2) is 0 Å². The topological polar surface area (TPSA) is 46.9 Å². The van der Waals surface area contributed by atoms with Crippen LogP contribution >= 0.6 is 11.6 Å². The zero-order valence-electron chi connectivity index (χ0n) is 13.6. The molecule has 1 aromatic carbocycles. The van der Waals surface area contributed by atoms with E-state index >= 15 is 0 Å². The minimum absolute atomic E-state index is 0.124. The fraction of sp³-hybridized carbons (Fsp3) is 0.474. The SMILES string of the molecule is O=C(CC1CC2CCC1C2)Nc1cnn(Cc2ccc(Cl)cc2)c1. The second-order valence-corrected chi connectivity index (χ2v) is 7.68. The van der Waals surface area contributed by atoms with E-state index in [9.17, 15) is 4.79 Å². The monoisotopic (exact) mass is 343 g/mol. The molecule has 1 amide bonds. The summed E-state index contributed by atoms with van der Waals surface area (Å²) in [6.07, 6.45) is 9.54. The van der Waals surface area contributed by atoms with Crippen molar-refractivity contribution < 1.29 is 4.79 Å². The third-order valence-electron chi connectivity index (χ3n) is 5.51. The van der Waals surface area contributed by atoms with Crippen molar-refractivity contribution in [2.75, 3.05) is 5.32 Å². The molecular weight excluding hydrogens is 322 g/mol. The average Bonchev–Trinajstić information content (AvgIpc) is 3.27. The normalized spacial score (nSPS) is 25.1. The van der Waals surface area contributed by atoms with E-state index in [1.54, 1.807) is 6.20 Å². The Hall–Kier alpha value is -1.81. The lowest BCUT2D eigenvalue weighted by Gasteiger charge is -2.20. The first-order valence-electron chi connectivity index (χ1n) is 8.72. The van der Waals surface area contributed by atoms with Crippen molar-refractivity contribution in [2.45, 2.75) is 38.6 Å². The Labute approximate surface area is 147 Å². The summed E-state index contributed by atoms with van der Waals surface area (Å²) in [6, 6.07) is 7.71. The van der Waals surface area contributed by atoms with Gasteiger partial charge in [0.25, 0.3) is 0 Å². The molecule has 0 aliphatic heterocycles. The fourth-order valence-electron chi connectivity index (χ4n) is 4.37. The molecule has 3 unspecified atom stereocenters. The molecule has 2 saturated carbocycles. The fourth-order valence-corrected chi connectivity index (χ4v) is 4.49. The summed E-state index contributed by atoms with van der Waals surface area (Å²) < 4.78 is 1.83. The third kappa shape index (κ3) is 3.48. The molecule has 1 aromatic heterocycles. The molecule has 5 heteroatoms. The molecule has 0 radical (unpaired) electrons. The van der Waals surface area contributed by atoms with E-state index in [-0.39, 0.29) is 5.91 Å². The highest BCUT2D eigenvalue weighted by atomic mass is 35.5. The van der Waals surface area contributed by atoms with E-state index < -0.39 is 0 Å². The van der Waals surface area contributed by atoms with Gasteiger partial charge in [-0.1, -0.05) is 30.2 Å². The Balaban J connectivity index is 1.31. The van der Waals surface area contributed by atoms with Crippen molar-refractivity contribution in [3.63, 3.8) is 0 Å². The van der Waals surface area contributed by atoms with Crippen LogP contribution in [0.2, 0.25) is 5.02 Å². The van der Waals surface area contributed by atoms with Crippen LogP contribution < -0.4 is 5.32 Å². The van der Waals surface area contributed by atoms with Crippen LogP contribution in [-0.2, 0) is 11.3 Å². The van der Waals surface area contributed by atoms with E-state index in [1.807, 2.05) is 35.1 Å². The van der Waals surface area contributed by atoms with Gasteiger partial charge in [-0.2, -0.15) is 5.10 Å². The molecule has 0 spiro atoms. The Bertz CT molecular complexity index is 724. The standard InChI is InChI=1S/C19H22ClN3O/c20-17-5-2-13(3-6-17)11-23-12-18(10-21-23)22-19(24)9-16-8-14-1-4-15(16)7-14/h2-3,5-6,10,12,14-16H,1,4,7-9,11H2,(H,22,24). The van der Waals surface area contributed by atoms with Gasteiger partial charge in [-0.05, 0) is 54.7 Å². The first-order valence-corrected chi connectivity index (χ1v) is 9.10. The van der Waals surface area contributed by atoms with Gasteiger partial charge in [0, 0.05) is 17.6 Å². The van der Waals surface area contributed by atoms with Gasteiger partial charge < -0.3 is 5.32 Å². The first-order chi connectivity index (χ1) is 11.7. The van der Waals surface area contributed by atoms with Gasteiger partial charge in [0.05, 0.1) is 18.4 Å². The summed E-state index contributed by atoms with van der Waals surface area (Å²) in [5, 5.41) is 8.06. The Morgan fingerprint density at radius 2 is 2.08 bits per heavy atom. The molecule has 2 bridgehead atoms. The molecular formula is C19H22ClN3O. The van der Waals surface area contributed by atoms with E-state index in [0.29, 0.717) is 18.9 Å². The number of carbonyl (C=O) groups excluding carboxylic acids is 1. The number of benzene rings is 1. The Kier molecular flexibility index (Phi) is 4.31. The molecule has 3 atom stereocenters. The second kappa shape index (κ2) is 6.60. The summed E-state index contributed by atoms with van der Waals surface area (Å²) in [7, 11) is 0. The van der Waals surface area contributed by atoms with Gasteiger partial charge >= 0.3 is 0 Å². The summed E-state index contributed by atoms with van der Waals surface area (Å²) in [6.45, 7) is 0.666. The van der Waals surface area contributed by atoms with Crippen LogP contribution in [-0.4, -0.2) is 15.7 Å². The summed E-state index contributed by atoms with van der Waals surface area (Å²) >= 11 is 5.90. The molecule has 24 heavy (non-hydrogen) atoms. The summed E-state index contributed by atoms with van der Waals surface area (Å²) in [5.74, 6) is 2.38. The molecule has 4 nitrogen and oxygen atoms in total. The molecule has 2 aliphatic carbocycles. The van der Waals surface area contributed by atoms with Crippen LogP contribution in [0.5, 0.6) is 0 Å². The van der Waals surface area contributed by atoms with Crippen molar-refractivity contribution in [1.29, 1.82) is 0 Å². The number of nitrogens with zero attached hydrogens (tertiary/aromatic N) is 2. The number of nitrogens with one attached hydrogen (secondary N) is 1. The lowest BCUT2D eigenvalue weighted by atomic mass is 9.86. The third-order valence-corrected chi connectivity index (χ3v) is 5.76. The molecule has 1 heterocycles. The van der Waals surface area contributed by atoms with Crippen molar-refractivity contribution in [3.05, 3.63) is 47.2 Å². The average molecular weight is 344 g/mol. The minimum Gasteiger partial charge on any atom is -0.323 e. The molecule has 2 fully saturated rings. The number of carbonyl (C=O) groups is 1. The zero-order chi connectivity index (χ0) is 16.5. The second-order valence-electron chi connectivity index (χ2n) is 7.24. The van der Waals surface area contributed by atoms with Crippen LogP contribution in [0.3, 0.4) is 0 Å². The zero-order valence-corrected chi connectivity index (χ0v) is 14.4. The number of halogens is 1. The quantitative estimate of drug-likeness (QED) is 0.877. The first kappa shape index (κ1) is 15.7. The lowest BCUT2D eigenvalue weighted by Crippen LogP contribution is -2.20. The minimum atomic E-state index is 0.124. The van der Waals surface area contributed by atoms with Crippen LogP contribution in [0.1, 0.15) is 37.7 Å². The molecule has 2 aromatic rings. The molecule has 2 aliphatic rings. The van der Waals surface area contributed by atoms with Gasteiger partial charge in [0.15, 0.2) is 0 Å². The van der Waals surface area contributed by atoms with E-state index in [4.69, 9.17) is 11.6 Å². The number of hydrogen-bond acceptors (Lipinski definition) is 2. The highest BCUT2D eigenvalue weighted by Gasteiger charge is 2.40. The van der Waals surface area contributed by atoms with Crippen molar-refractivity contribution in [1.82, 2.24) is 9.78 Å². The number of amides is 1. The molecule has 126 valence electrons. The Morgan fingerprint density at radius 3 is 2.79 bits per heavy atom. The van der Waals surface area contributed by atoms with Crippen LogP contribution in [0.15, 0.2) is 36.7 Å². The van der Waals surface area contributed by atoms with Crippen LogP contribution in [0, 0.1) is 17.8 Å². The van der Waals surface area contributed by atoms with Gasteiger partial charge in [0.2, 0.25) is 5.91 Å². The molecule has 0 saturated heterocycles. The predicted molar refractivity (Wildman–Crippen MR) is 95.0 cm³/mol. The number of fused-ring (bicyclic) bond motifs is 2. The van der Waals surface area contributed by atoms with E-state index in [2.05, 4.69) is 10.4 Å². The highest BCUT2D eigenvalue weighted by molar-refractivity contribution is 6.30. The number of hydrogen-bond donors (Lipinski definition) is 1. The summed E-state index contributed by atoms with van der Waals surface area (Å²) in [4.78, 5) is 12.3. The molecule has 4 rings (SSSR count).